The minimum absolute atomic E-state index is 0.123. The van der Waals surface area contributed by atoms with Crippen LogP contribution in [0.25, 0.3) is 0 Å². The van der Waals surface area contributed by atoms with Crippen molar-refractivity contribution < 1.29 is 14.3 Å². The zero-order valence-corrected chi connectivity index (χ0v) is 18.7. The molecule has 1 aromatic heterocycles. The maximum absolute atomic E-state index is 11.9. The third-order valence-electron chi connectivity index (χ3n) is 3.89. The van der Waals surface area contributed by atoms with E-state index in [1.807, 2.05) is 48.5 Å². The van der Waals surface area contributed by atoms with Crippen molar-refractivity contribution in [2.24, 2.45) is 5.10 Å². The molecule has 2 aromatic carbocycles. The molecule has 3 rings (SSSR count). The van der Waals surface area contributed by atoms with Gasteiger partial charge >= 0.3 is 0 Å². The molecular weight excluding hydrogens is 466 g/mol. The number of nitrogens with one attached hydrogen (secondary N) is 1. The standard InChI is InChI=1S/C22H20BrN3O3S/c1-28-20-9-8-16(11-17(20)15-30-22-7-2-3-10-24-22)13-25-26-21(27)14-29-19-6-4-5-18(23)12-19/h2-13H,14-15H2,1H3,(H,26,27)/b25-13-. The van der Waals surface area contributed by atoms with Crippen LogP contribution in [-0.4, -0.2) is 30.8 Å². The first-order chi connectivity index (χ1) is 14.6. The maximum Gasteiger partial charge on any atom is 0.277 e. The molecule has 0 radical (unpaired) electrons. The first-order valence-electron chi connectivity index (χ1n) is 9.05. The maximum atomic E-state index is 11.9. The molecule has 0 saturated carbocycles. The Bertz CT molecular complexity index is 1020. The van der Waals surface area contributed by atoms with Crippen LogP contribution in [0.15, 0.2) is 81.5 Å². The van der Waals surface area contributed by atoms with E-state index in [4.69, 9.17) is 9.47 Å². The van der Waals surface area contributed by atoms with Crippen molar-refractivity contribution in [3.63, 3.8) is 0 Å². The van der Waals surface area contributed by atoms with Crippen LogP contribution < -0.4 is 14.9 Å². The summed E-state index contributed by atoms with van der Waals surface area (Å²) in [5, 5.41) is 4.95. The molecule has 154 valence electrons. The third kappa shape index (κ3) is 6.89. The van der Waals surface area contributed by atoms with E-state index in [1.165, 1.54) is 0 Å². The molecule has 3 aromatic rings. The summed E-state index contributed by atoms with van der Waals surface area (Å²) in [6.07, 6.45) is 3.36. The molecule has 0 aliphatic heterocycles. The molecule has 0 fully saturated rings. The fourth-order valence-electron chi connectivity index (χ4n) is 2.49. The quantitative estimate of drug-likeness (QED) is 0.270. The Morgan fingerprint density at radius 2 is 2.10 bits per heavy atom. The Labute approximate surface area is 187 Å². The summed E-state index contributed by atoms with van der Waals surface area (Å²) >= 11 is 4.98. The second-order valence-electron chi connectivity index (χ2n) is 6.07. The van der Waals surface area contributed by atoms with Gasteiger partial charge in [0.25, 0.3) is 5.91 Å². The summed E-state index contributed by atoms with van der Waals surface area (Å²) in [7, 11) is 1.64. The van der Waals surface area contributed by atoms with Crippen LogP contribution in [0, 0.1) is 0 Å². The number of carbonyl (C=O) groups is 1. The summed E-state index contributed by atoms with van der Waals surface area (Å²) in [5.41, 5.74) is 4.33. The topological polar surface area (TPSA) is 72.8 Å². The number of hydrazone groups is 1. The molecule has 0 aliphatic carbocycles. The molecule has 0 spiro atoms. The summed E-state index contributed by atoms with van der Waals surface area (Å²) in [5.74, 6) is 1.76. The van der Waals surface area contributed by atoms with Crippen molar-refractivity contribution in [3.8, 4) is 11.5 Å². The average molecular weight is 486 g/mol. The fraction of sp³-hybridized carbons (Fsp3) is 0.136. The number of amides is 1. The number of pyridine rings is 1. The number of methoxy groups -OCH3 is 1. The largest absolute Gasteiger partial charge is 0.496 e. The van der Waals surface area contributed by atoms with Crippen molar-refractivity contribution in [1.29, 1.82) is 0 Å². The SMILES string of the molecule is COc1ccc(/C=N\NC(=O)COc2cccc(Br)c2)cc1CSc1ccccn1. The monoisotopic (exact) mass is 485 g/mol. The van der Waals surface area contributed by atoms with Crippen LogP contribution in [0.1, 0.15) is 11.1 Å². The summed E-state index contributed by atoms with van der Waals surface area (Å²) in [4.78, 5) is 16.2. The predicted octanol–water partition coefficient (Wildman–Crippen LogP) is 4.67. The molecule has 0 unspecified atom stereocenters. The van der Waals surface area contributed by atoms with Gasteiger partial charge in [0.1, 0.15) is 11.5 Å². The number of ether oxygens (including phenoxy) is 2. The second-order valence-corrected chi connectivity index (χ2v) is 7.98. The average Bonchev–Trinajstić information content (AvgIpc) is 2.77. The van der Waals surface area contributed by atoms with Crippen LogP contribution >= 0.6 is 27.7 Å². The lowest BCUT2D eigenvalue weighted by atomic mass is 10.1. The van der Waals surface area contributed by atoms with Gasteiger partial charge in [-0.25, -0.2) is 10.4 Å². The van der Waals surface area contributed by atoms with Gasteiger partial charge < -0.3 is 9.47 Å². The normalized spacial score (nSPS) is 10.7. The molecule has 1 heterocycles. The number of benzene rings is 2. The van der Waals surface area contributed by atoms with Crippen molar-refractivity contribution >= 4 is 39.8 Å². The zero-order valence-electron chi connectivity index (χ0n) is 16.2. The van der Waals surface area contributed by atoms with E-state index in [0.29, 0.717) is 11.5 Å². The molecular formula is C22H20BrN3O3S. The zero-order chi connectivity index (χ0) is 21.2. The van der Waals surface area contributed by atoms with E-state index in [2.05, 4.69) is 31.4 Å². The number of halogens is 1. The molecule has 0 saturated heterocycles. The number of nitrogens with zero attached hydrogens (tertiary/aromatic N) is 2. The minimum Gasteiger partial charge on any atom is -0.496 e. The first kappa shape index (κ1) is 21.9. The molecule has 30 heavy (non-hydrogen) atoms. The lowest BCUT2D eigenvalue weighted by molar-refractivity contribution is -0.123. The number of hydrogen-bond acceptors (Lipinski definition) is 6. The molecule has 1 amide bonds. The Balaban J connectivity index is 1.54. The van der Waals surface area contributed by atoms with E-state index in [-0.39, 0.29) is 12.5 Å². The van der Waals surface area contributed by atoms with Gasteiger partial charge in [-0.05, 0) is 54.1 Å². The van der Waals surface area contributed by atoms with Gasteiger partial charge in [-0.1, -0.05) is 28.1 Å². The number of carbonyl (C=O) groups excluding carboxylic acids is 1. The highest BCUT2D eigenvalue weighted by Gasteiger charge is 2.06. The first-order valence-corrected chi connectivity index (χ1v) is 10.8. The number of rotatable bonds is 9. The fourth-order valence-corrected chi connectivity index (χ4v) is 3.71. The van der Waals surface area contributed by atoms with Crippen LogP contribution in [-0.2, 0) is 10.5 Å². The van der Waals surface area contributed by atoms with Gasteiger partial charge in [0, 0.05) is 22.0 Å². The van der Waals surface area contributed by atoms with Crippen molar-refractivity contribution in [3.05, 3.63) is 82.5 Å². The van der Waals surface area contributed by atoms with Crippen LogP contribution in [0.3, 0.4) is 0 Å². The molecule has 8 heteroatoms. The summed E-state index contributed by atoms with van der Waals surface area (Å²) in [6.45, 7) is -0.123. The van der Waals surface area contributed by atoms with Gasteiger partial charge in [-0.2, -0.15) is 5.10 Å². The molecule has 0 bridgehead atoms. The van der Waals surface area contributed by atoms with E-state index >= 15 is 0 Å². The van der Waals surface area contributed by atoms with Gasteiger partial charge in [0.15, 0.2) is 6.61 Å². The van der Waals surface area contributed by atoms with Gasteiger partial charge in [-0.3, -0.25) is 4.79 Å². The van der Waals surface area contributed by atoms with Gasteiger partial charge in [-0.15, -0.1) is 11.8 Å². The Morgan fingerprint density at radius 3 is 2.87 bits per heavy atom. The molecule has 6 nitrogen and oxygen atoms in total. The van der Waals surface area contributed by atoms with Crippen molar-refractivity contribution in [2.75, 3.05) is 13.7 Å². The molecule has 0 aliphatic rings. The minimum atomic E-state index is -0.342. The Hall–Kier alpha value is -2.84. The summed E-state index contributed by atoms with van der Waals surface area (Å²) < 4.78 is 11.8. The summed E-state index contributed by atoms with van der Waals surface area (Å²) in [6, 6.07) is 18.8. The number of thioether (sulfide) groups is 1. The molecule has 0 atom stereocenters. The highest BCUT2D eigenvalue weighted by atomic mass is 79.9. The van der Waals surface area contributed by atoms with Crippen LogP contribution in [0.2, 0.25) is 0 Å². The Morgan fingerprint density at radius 1 is 1.20 bits per heavy atom. The van der Waals surface area contributed by atoms with Crippen molar-refractivity contribution in [2.45, 2.75) is 10.8 Å². The predicted molar refractivity (Wildman–Crippen MR) is 122 cm³/mol. The lowest BCUT2D eigenvalue weighted by Gasteiger charge is -2.09. The second kappa shape index (κ2) is 11.4. The van der Waals surface area contributed by atoms with E-state index in [0.717, 1.165) is 26.4 Å². The van der Waals surface area contributed by atoms with Crippen molar-refractivity contribution in [1.82, 2.24) is 10.4 Å². The Kier molecular flexibility index (Phi) is 8.29. The van der Waals surface area contributed by atoms with Crippen LogP contribution in [0.4, 0.5) is 0 Å². The smallest absolute Gasteiger partial charge is 0.277 e. The van der Waals surface area contributed by atoms with E-state index in [1.54, 1.807) is 43.4 Å². The highest BCUT2D eigenvalue weighted by Crippen LogP contribution is 2.27. The lowest BCUT2D eigenvalue weighted by Crippen LogP contribution is -2.24. The van der Waals surface area contributed by atoms with Gasteiger partial charge in [0.2, 0.25) is 0 Å². The highest BCUT2D eigenvalue weighted by molar-refractivity contribution is 9.10. The third-order valence-corrected chi connectivity index (χ3v) is 5.37. The van der Waals surface area contributed by atoms with Gasteiger partial charge in [0.05, 0.1) is 18.4 Å². The van der Waals surface area contributed by atoms with E-state index < -0.39 is 0 Å². The van der Waals surface area contributed by atoms with E-state index in [9.17, 15) is 4.79 Å². The molecule has 1 N–H and O–H groups in total. The van der Waals surface area contributed by atoms with Crippen LogP contribution in [0.5, 0.6) is 11.5 Å². The number of hydrogen-bond donors (Lipinski definition) is 1. The number of aromatic nitrogens is 1.